The van der Waals surface area contributed by atoms with E-state index < -0.39 is 17.7 Å². The summed E-state index contributed by atoms with van der Waals surface area (Å²) in [5, 5.41) is 9.25. The zero-order valence-electron chi connectivity index (χ0n) is 10.9. The second kappa shape index (κ2) is 6.47. The van der Waals surface area contributed by atoms with Crippen LogP contribution in [0, 0.1) is 5.82 Å². The topological polar surface area (TPSA) is 66.8 Å². The highest BCUT2D eigenvalue weighted by molar-refractivity contribution is 5.85. The van der Waals surface area contributed by atoms with E-state index in [-0.39, 0.29) is 12.3 Å². The highest BCUT2D eigenvalue weighted by Crippen LogP contribution is 2.22. The first-order valence-electron chi connectivity index (χ1n) is 6.41. The summed E-state index contributed by atoms with van der Waals surface area (Å²) in [5.41, 5.74) is 0.431. The van der Waals surface area contributed by atoms with Gasteiger partial charge in [0.25, 0.3) is 0 Å². The fourth-order valence-electron chi connectivity index (χ4n) is 2.16. The third kappa shape index (κ3) is 3.54. The van der Waals surface area contributed by atoms with Crippen molar-refractivity contribution in [1.82, 2.24) is 4.90 Å². The number of hydrogen-bond donors (Lipinski definition) is 1. The molecule has 1 heterocycles. The van der Waals surface area contributed by atoms with Crippen LogP contribution in [0.5, 0.6) is 0 Å². The molecule has 20 heavy (non-hydrogen) atoms. The maximum absolute atomic E-state index is 12.9. The smallest absolute Gasteiger partial charge is 0.311 e. The molecule has 1 amide bonds. The molecule has 0 unspecified atom stereocenters. The van der Waals surface area contributed by atoms with Crippen molar-refractivity contribution < 1.29 is 23.8 Å². The van der Waals surface area contributed by atoms with E-state index in [0.717, 1.165) is 0 Å². The molecule has 0 bridgehead atoms. The van der Waals surface area contributed by atoms with E-state index >= 15 is 0 Å². The minimum atomic E-state index is -1.08. The van der Waals surface area contributed by atoms with Gasteiger partial charge in [0, 0.05) is 19.5 Å². The molecule has 6 heteroatoms. The summed E-state index contributed by atoms with van der Waals surface area (Å²) in [5.74, 6) is -2.69. The summed E-state index contributed by atoms with van der Waals surface area (Å²) >= 11 is 0. The molecule has 1 aliphatic heterocycles. The number of carboxylic acids is 1. The third-order valence-corrected chi connectivity index (χ3v) is 3.31. The molecule has 1 saturated heterocycles. The Kier molecular flexibility index (Phi) is 4.68. The lowest BCUT2D eigenvalue weighted by atomic mass is 9.95. The molecular weight excluding hydrogens is 265 g/mol. The van der Waals surface area contributed by atoms with Crippen LogP contribution in [-0.2, 0) is 14.3 Å². The number of rotatable bonds is 4. The van der Waals surface area contributed by atoms with Crippen LogP contribution in [-0.4, -0.2) is 48.2 Å². The Labute approximate surface area is 116 Å². The Morgan fingerprint density at radius 3 is 2.40 bits per heavy atom. The number of nitrogens with zero attached hydrogens (tertiary/aromatic N) is 1. The molecule has 0 aliphatic carbocycles. The number of carbonyl (C=O) groups excluding carboxylic acids is 1. The lowest BCUT2D eigenvalue weighted by Gasteiger charge is -2.28. The number of morpholine rings is 1. The number of halogens is 1. The summed E-state index contributed by atoms with van der Waals surface area (Å²) in [6.45, 7) is 1.91. The van der Waals surface area contributed by atoms with Crippen molar-refractivity contribution in [3.05, 3.63) is 35.6 Å². The van der Waals surface area contributed by atoms with Gasteiger partial charge in [-0.3, -0.25) is 9.59 Å². The molecule has 1 aliphatic rings. The molecule has 0 saturated carbocycles. The molecule has 2 rings (SSSR count). The zero-order valence-corrected chi connectivity index (χ0v) is 10.9. The Morgan fingerprint density at radius 2 is 1.85 bits per heavy atom. The maximum atomic E-state index is 12.9. The third-order valence-electron chi connectivity index (χ3n) is 3.31. The average Bonchev–Trinajstić information content (AvgIpc) is 2.46. The highest BCUT2D eigenvalue weighted by atomic mass is 19.1. The van der Waals surface area contributed by atoms with E-state index in [2.05, 4.69) is 0 Å². The van der Waals surface area contributed by atoms with Gasteiger partial charge in [-0.2, -0.15) is 0 Å². The van der Waals surface area contributed by atoms with Gasteiger partial charge in [0.15, 0.2) is 0 Å². The van der Waals surface area contributed by atoms with Gasteiger partial charge in [0.05, 0.1) is 19.1 Å². The minimum absolute atomic E-state index is 0.124. The van der Waals surface area contributed by atoms with E-state index in [1.165, 1.54) is 24.3 Å². The van der Waals surface area contributed by atoms with Crippen LogP contribution in [0.4, 0.5) is 4.39 Å². The van der Waals surface area contributed by atoms with Gasteiger partial charge in [-0.1, -0.05) is 12.1 Å². The predicted octanol–water partition coefficient (Wildman–Crippen LogP) is 1.24. The van der Waals surface area contributed by atoms with Crippen LogP contribution in [0.3, 0.4) is 0 Å². The van der Waals surface area contributed by atoms with Crippen LogP contribution in [0.2, 0.25) is 0 Å². The zero-order chi connectivity index (χ0) is 14.5. The Morgan fingerprint density at radius 1 is 1.25 bits per heavy atom. The van der Waals surface area contributed by atoms with Crippen LogP contribution in [0.25, 0.3) is 0 Å². The first kappa shape index (κ1) is 14.5. The fraction of sp³-hybridized carbons (Fsp3) is 0.429. The summed E-state index contributed by atoms with van der Waals surface area (Å²) < 4.78 is 18.0. The lowest BCUT2D eigenvalue weighted by molar-refractivity contribution is -0.144. The van der Waals surface area contributed by atoms with E-state index in [1.54, 1.807) is 4.90 Å². The van der Waals surface area contributed by atoms with Crippen molar-refractivity contribution in [2.24, 2.45) is 0 Å². The number of ether oxygens (including phenoxy) is 1. The molecular formula is C14H16FNO4. The molecule has 5 nitrogen and oxygen atoms in total. The Balaban J connectivity index is 2.07. The van der Waals surface area contributed by atoms with Crippen LogP contribution in [0.15, 0.2) is 24.3 Å². The summed E-state index contributed by atoms with van der Waals surface area (Å²) in [4.78, 5) is 25.0. The van der Waals surface area contributed by atoms with Gasteiger partial charge in [-0.25, -0.2) is 4.39 Å². The second-order valence-corrected chi connectivity index (χ2v) is 4.64. The second-order valence-electron chi connectivity index (χ2n) is 4.64. The minimum Gasteiger partial charge on any atom is -0.481 e. The molecule has 1 aromatic carbocycles. The van der Waals surface area contributed by atoms with Crippen molar-refractivity contribution >= 4 is 11.9 Å². The Hall–Kier alpha value is -1.95. The fourth-order valence-corrected chi connectivity index (χ4v) is 2.16. The normalized spacial score (nSPS) is 16.8. The standard InChI is InChI=1S/C14H16FNO4/c15-11-3-1-10(2-4-11)12(14(18)19)9-13(17)16-5-7-20-8-6-16/h1-4,12H,5-9H2,(H,18,19)/t12-/m0/s1. The SMILES string of the molecule is O=C(O)[C@@H](CC(=O)N1CCOCC1)c1ccc(F)cc1. The van der Waals surface area contributed by atoms with Crippen molar-refractivity contribution in [1.29, 1.82) is 0 Å². The number of carbonyl (C=O) groups is 2. The van der Waals surface area contributed by atoms with Gasteiger partial charge in [-0.05, 0) is 17.7 Å². The van der Waals surface area contributed by atoms with Gasteiger partial charge in [-0.15, -0.1) is 0 Å². The quantitative estimate of drug-likeness (QED) is 0.901. The largest absolute Gasteiger partial charge is 0.481 e. The van der Waals surface area contributed by atoms with E-state index in [4.69, 9.17) is 4.74 Å². The molecule has 1 atom stereocenters. The van der Waals surface area contributed by atoms with Crippen molar-refractivity contribution in [3.63, 3.8) is 0 Å². The molecule has 1 aromatic rings. The number of hydrogen-bond acceptors (Lipinski definition) is 3. The molecule has 0 radical (unpaired) electrons. The number of benzene rings is 1. The van der Waals surface area contributed by atoms with Gasteiger partial charge < -0.3 is 14.7 Å². The van der Waals surface area contributed by atoms with Crippen molar-refractivity contribution in [2.45, 2.75) is 12.3 Å². The summed E-state index contributed by atoms with van der Waals surface area (Å²) in [6, 6.07) is 5.20. The van der Waals surface area contributed by atoms with Crippen LogP contribution in [0.1, 0.15) is 17.9 Å². The molecule has 0 aromatic heterocycles. The monoisotopic (exact) mass is 281 g/mol. The highest BCUT2D eigenvalue weighted by Gasteiger charge is 2.26. The first-order chi connectivity index (χ1) is 9.58. The average molecular weight is 281 g/mol. The van der Waals surface area contributed by atoms with Crippen molar-refractivity contribution in [2.75, 3.05) is 26.3 Å². The van der Waals surface area contributed by atoms with Gasteiger partial charge >= 0.3 is 5.97 Å². The van der Waals surface area contributed by atoms with E-state index in [0.29, 0.717) is 31.9 Å². The maximum Gasteiger partial charge on any atom is 0.311 e. The van der Waals surface area contributed by atoms with Gasteiger partial charge in [0.2, 0.25) is 5.91 Å². The van der Waals surface area contributed by atoms with Crippen molar-refractivity contribution in [3.8, 4) is 0 Å². The lowest BCUT2D eigenvalue weighted by Crippen LogP contribution is -2.41. The van der Waals surface area contributed by atoms with E-state index in [1.807, 2.05) is 0 Å². The van der Waals surface area contributed by atoms with Crippen LogP contribution < -0.4 is 0 Å². The first-order valence-corrected chi connectivity index (χ1v) is 6.41. The molecule has 1 fully saturated rings. The molecule has 0 spiro atoms. The molecule has 108 valence electrons. The van der Waals surface area contributed by atoms with Crippen LogP contribution >= 0.6 is 0 Å². The Bertz CT molecular complexity index is 482. The van der Waals surface area contributed by atoms with E-state index in [9.17, 15) is 19.1 Å². The number of carboxylic acid groups (broad SMARTS) is 1. The number of aliphatic carboxylic acids is 1. The molecule has 1 N–H and O–H groups in total. The number of amides is 1. The van der Waals surface area contributed by atoms with Gasteiger partial charge in [0.1, 0.15) is 5.82 Å². The summed E-state index contributed by atoms with van der Waals surface area (Å²) in [6.07, 6.45) is -0.124. The summed E-state index contributed by atoms with van der Waals surface area (Å²) in [7, 11) is 0. The predicted molar refractivity (Wildman–Crippen MR) is 68.8 cm³/mol.